The van der Waals surface area contributed by atoms with Crippen LogP contribution in [0.5, 0.6) is 11.5 Å². The molecule has 0 spiro atoms. The monoisotopic (exact) mass is 459 g/mol. The minimum atomic E-state index is -0.220. The van der Waals surface area contributed by atoms with Crippen molar-refractivity contribution >= 4 is 29.9 Å². The van der Waals surface area contributed by atoms with Crippen LogP contribution in [0.25, 0.3) is 0 Å². The number of methoxy groups -OCH3 is 2. The molecule has 2 aromatic rings. The van der Waals surface area contributed by atoms with Gasteiger partial charge in [-0.25, -0.2) is 9.38 Å². The van der Waals surface area contributed by atoms with E-state index in [0.29, 0.717) is 36.1 Å². The highest BCUT2D eigenvalue weighted by atomic mass is 127. The molecule has 136 valence electrons. The van der Waals surface area contributed by atoms with Gasteiger partial charge in [-0.2, -0.15) is 0 Å². The van der Waals surface area contributed by atoms with Crippen molar-refractivity contribution in [3.05, 3.63) is 58.9 Å². The number of benzene rings is 2. The minimum absolute atomic E-state index is 0. The second-order valence-corrected chi connectivity index (χ2v) is 5.33. The summed E-state index contributed by atoms with van der Waals surface area (Å²) in [5.41, 5.74) is 8.37. The van der Waals surface area contributed by atoms with Crippen LogP contribution < -0.4 is 20.5 Å². The summed E-state index contributed by atoms with van der Waals surface area (Å²) in [5, 5.41) is 3.04. The molecule has 0 fully saturated rings. The first-order chi connectivity index (χ1) is 11.5. The van der Waals surface area contributed by atoms with E-state index in [1.807, 2.05) is 18.2 Å². The van der Waals surface area contributed by atoms with Gasteiger partial charge in [-0.15, -0.1) is 24.0 Å². The number of nitrogens with one attached hydrogen (secondary N) is 1. The van der Waals surface area contributed by atoms with Crippen LogP contribution in [-0.2, 0) is 13.1 Å². The molecule has 0 aliphatic heterocycles. The van der Waals surface area contributed by atoms with Crippen LogP contribution in [0.15, 0.2) is 41.4 Å². The minimum Gasteiger partial charge on any atom is -0.493 e. The average Bonchev–Trinajstić information content (AvgIpc) is 2.60. The number of guanidine groups is 1. The zero-order chi connectivity index (χ0) is 17.5. The van der Waals surface area contributed by atoms with Gasteiger partial charge in [0.15, 0.2) is 17.5 Å². The number of aliphatic imine (C=N–C) groups is 1. The molecule has 3 N–H and O–H groups in total. The number of halogens is 2. The van der Waals surface area contributed by atoms with Crippen molar-refractivity contribution in [2.24, 2.45) is 10.7 Å². The molecule has 0 atom stereocenters. The highest BCUT2D eigenvalue weighted by Crippen LogP contribution is 2.27. The van der Waals surface area contributed by atoms with Crippen LogP contribution in [0.3, 0.4) is 0 Å². The molecule has 0 saturated heterocycles. The van der Waals surface area contributed by atoms with Crippen molar-refractivity contribution in [1.82, 2.24) is 5.32 Å². The molecule has 0 radical (unpaired) electrons. The molecule has 0 aromatic heterocycles. The van der Waals surface area contributed by atoms with Crippen molar-refractivity contribution < 1.29 is 13.9 Å². The molecule has 2 rings (SSSR count). The summed E-state index contributed by atoms with van der Waals surface area (Å²) >= 11 is 0. The van der Waals surface area contributed by atoms with Gasteiger partial charge in [0.1, 0.15) is 5.82 Å². The third-order valence-corrected chi connectivity index (χ3v) is 3.58. The number of aryl methyl sites for hydroxylation is 1. The Morgan fingerprint density at radius 1 is 1.08 bits per heavy atom. The molecule has 0 unspecified atom stereocenters. The third kappa shape index (κ3) is 6.08. The zero-order valence-electron chi connectivity index (χ0n) is 14.5. The lowest BCUT2D eigenvalue weighted by molar-refractivity contribution is 0.354. The molecule has 5 nitrogen and oxygen atoms in total. The third-order valence-electron chi connectivity index (χ3n) is 3.58. The van der Waals surface area contributed by atoms with Gasteiger partial charge in [0.25, 0.3) is 0 Å². The summed E-state index contributed by atoms with van der Waals surface area (Å²) < 4.78 is 23.7. The number of ether oxygens (including phenoxy) is 2. The summed E-state index contributed by atoms with van der Waals surface area (Å²) in [5.74, 6) is 1.44. The van der Waals surface area contributed by atoms with Crippen LogP contribution in [0.1, 0.15) is 16.7 Å². The van der Waals surface area contributed by atoms with Gasteiger partial charge < -0.3 is 20.5 Å². The molecule has 7 heteroatoms. The van der Waals surface area contributed by atoms with Crippen LogP contribution in [0.4, 0.5) is 4.39 Å². The second kappa shape index (κ2) is 10.1. The Kier molecular flexibility index (Phi) is 8.47. The Morgan fingerprint density at radius 2 is 1.76 bits per heavy atom. The molecular weight excluding hydrogens is 436 g/mol. The SMILES string of the molecule is COc1ccc(CNC(N)=NCc2ccc(F)c(C)c2)cc1OC.I. The molecule has 0 aliphatic rings. The standard InChI is InChI=1S/C18H22FN3O2.HI/c1-12-8-13(4-6-15(12)19)10-21-18(20)22-11-14-5-7-16(23-2)17(9-14)24-3;/h4-9H,10-11H2,1-3H3,(H3,20,21,22);1H. The molecule has 0 bridgehead atoms. The Labute approximate surface area is 164 Å². The van der Waals surface area contributed by atoms with E-state index in [1.54, 1.807) is 33.3 Å². The first kappa shape index (κ1) is 21.0. The normalized spacial score (nSPS) is 10.8. The number of rotatable bonds is 6. The first-order valence-electron chi connectivity index (χ1n) is 7.53. The van der Waals surface area contributed by atoms with E-state index in [0.717, 1.165) is 11.1 Å². The first-order valence-corrected chi connectivity index (χ1v) is 7.53. The number of nitrogens with zero attached hydrogens (tertiary/aromatic N) is 1. The van der Waals surface area contributed by atoms with E-state index in [1.165, 1.54) is 6.07 Å². The smallest absolute Gasteiger partial charge is 0.189 e. The Bertz CT molecular complexity index is 738. The van der Waals surface area contributed by atoms with Gasteiger partial charge in [0.2, 0.25) is 0 Å². The van der Waals surface area contributed by atoms with Gasteiger partial charge in [-0.1, -0.05) is 18.2 Å². The maximum atomic E-state index is 13.2. The van der Waals surface area contributed by atoms with E-state index in [4.69, 9.17) is 15.2 Å². The molecule has 0 amide bonds. The van der Waals surface area contributed by atoms with Crippen LogP contribution in [0, 0.1) is 12.7 Å². The van der Waals surface area contributed by atoms with Crippen molar-refractivity contribution in [2.75, 3.05) is 14.2 Å². The van der Waals surface area contributed by atoms with Crippen LogP contribution in [-0.4, -0.2) is 20.2 Å². The second-order valence-electron chi connectivity index (χ2n) is 5.33. The molecular formula is C18H23FIN3O2. The van der Waals surface area contributed by atoms with E-state index in [-0.39, 0.29) is 29.8 Å². The highest BCUT2D eigenvalue weighted by Gasteiger charge is 2.05. The molecule has 25 heavy (non-hydrogen) atoms. The van der Waals surface area contributed by atoms with Crippen molar-refractivity contribution in [1.29, 1.82) is 0 Å². The number of hydrogen-bond donors (Lipinski definition) is 2. The summed E-state index contributed by atoms with van der Waals surface area (Å²) in [4.78, 5) is 4.26. The van der Waals surface area contributed by atoms with E-state index in [9.17, 15) is 4.39 Å². The van der Waals surface area contributed by atoms with Crippen LogP contribution in [0.2, 0.25) is 0 Å². The van der Waals surface area contributed by atoms with Crippen LogP contribution >= 0.6 is 24.0 Å². The Hall–Kier alpha value is -2.03. The predicted octanol–water partition coefficient (Wildman–Crippen LogP) is 3.37. The molecule has 0 aliphatic carbocycles. The van der Waals surface area contributed by atoms with Crippen molar-refractivity contribution in [3.8, 4) is 11.5 Å². The predicted molar refractivity (Wildman–Crippen MR) is 108 cm³/mol. The quantitative estimate of drug-likeness (QED) is 0.395. The van der Waals surface area contributed by atoms with Gasteiger partial charge in [0, 0.05) is 6.54 Å². The number of nitrogens with two attached hydrogens (primary N) is 1. The van der Waals surface area contributed by atoms with E-state index >= 15 is 0 Å². The molecule has 2 aromatic carbocycles. The summed E-state index contributed by atoms with van der Waals surface area (Å²) in [6, 6.07) is 10.5. The fourth-order valence-electron chi connectivity index (χ4n) is 2.22. The number of hydrogen-bond acceptors (Lipinski definition) is 3. The maximum absolute atomic E-state index is 13.2. The zero-order valence-corrected chi connectivity index (χ0v) is 16.8. The van der Waals surface area contributed by atoms with E-state index in [2.05, 4.69) is 10.3 Å². The lowest BCUT2D eigenvalue weighted by atomic mass is 10.1. The van der Waals surface area contributed by atoms with Gasteiger partial charge in [-0.3, -0.25) is 0 Å². The van der Waals surface area contributed by atoms with Gasteiger partial charge in [0.05, 0.1) is 20.8 Å². The lowest BCUT2D eigenvalue weighted by Gasteiger charge is -2.10. The summed E-state index contributed by atoms with van der Waals surface area (Å²) in [6.07, 6.45) is 0. The van der Waals surface area contributed by atoms with Gasteiger partial charge in [-0.05, 0) is 41.8 Å². The maximum Gasteiger partial charge on any atom is 0.189 e. The fraction of sp³-hybridized carbons (Fsp3) is 0.278. The van der Waals surface area contributed by atoms with Crippen molar-refractivity contribution in [2.45, 2.75) is 20.0 Å². The summed E-state index contributed by atoms with van der Waals surface area (Å²) in [6.45, 7) is 2.63. The van der Waals surface area contributed by atoms with E-state index < -0.39 is 0 Å². The lowest BCUT2D eigenvalue weighted by Crippen LogP contribution is -2.31. The van der Waals surface area contributed by atoms with Crippen molar-refractivity contribution in [3.63, 3.8) is 0 Å². The largest absolute Gasteiger partial charge is 0.493 e. The molecule has 0 heterocycles. The molecule has 0 saturated carbocycles. The Morgan fingerprint density at radius 3 is 2.40 bits per heavy atom. The average molecular weight is 459 g/mol. The Balaban J connectivity index is 0.00000312. The fourth-order valence-corrected chi connectivity index (χ4v) is 2.22. The topological polar surface area (TPSA) is 68.9 Å². The highest BCUT2D eigenvalue weighted by molar-refractivity contribution is 14.0. The summed E-state index contributed by atoms with van der Waals surface area (Å²) in [7, 11) is 3.19. The van der Waals surface area contributed by atoms with Gasteiger partial charge >= 0.3 is 0 Å².